The van der Waals surface area contributed by atoms with Crippen LogP contribution in [0, 0.1) is 28.1 Å². The second-order valence-corrected chi connectivity index (χ2v) is 13.4. The van der Waals surface area contributed by atoms with Crippen LogP contribution < -0.4 is 0 Å². The number of carbonyl (C=O) groups is 3. The molecule has 1 aromatic carbocycles. The number of carbonyl (C=O) groups excluding carboxylic acids is 3. The molecule has 3 aliphatic carbocycles. The van der Waals surface area contributed by atoms with Gasteiger partial charge >= 0.3 is 11.9 Å². The first-order valence-electron chi connectivity index (χ1n) is 14.9. The summed E-state index contributed by atoms with van der Waals surface area (Å²) in [5, 5.41) is 0. The van der Waals surface area contributed by atoms with Crippen LogP contribution in [0.1, 0.15) is 64.0 Å². The quantitative estimate of drug-likeness (QED) is 0.344. The molecule has 0 radical (unpaired) electrons. The lowest BCUT2D eigenvalue weighted by atomic mass is 9.40. The van der Waals surface area contributed by atoms with Gasteiger partial charge in [-0.3, -0.25) is 14.4 Å². The van der Waals surface area contributed by atoms with E-state index in [1.807, 2.05) is 50.2 Å². The minimum absolute atomic E-state index is 0.00833. The highest BCUT2D eigenvalue weighted by molar-refractivity contribution is 5.93. The Bertz CT molecular complexity index is 1460. The van der Waals surface area contributed by atoms with Crippen molar-refractivity contribution in [2.45, 2.75) is 83.9 Å². The summed E-state index contributed by atoms with van der Waals surface area (Å²) < 4.78 is 30.2. The molecule has 3 heterocycles. The Morgan fingerprint density at radius 2 is 1.81 bits per heavy atom. The number of hydrogen-bond acceptors (Lipinski definition) is 8. The first-order valence-corrected chi connectivity index (χ1v) is 14.9. The SMILES string of the molecule is COC(=O)CC1[C@@]2(C)C(=O)CC(OCc3ccccc3)[C@@]3(C)C(=O)O[C@H](C23)[C@H]2O[C@H]3C[C@@H](c4ccoc4)C(C)=C3[C@@]12C. The van der Waals surface area contributed by atoms with E-state index in [1.54, 1.807) is 12.5 Å². The van der Waals surface area contributed by atoms with Crippen molar-refractivity contribution >= 4 is 17.7 Å². The maximum absolute atomic E-state index is 14.5. The first kappa shape index (κ1) is 27.6. The zero-order valence-electron chi connectivity index (χ0n) is 24.8. The van der Waals surface area contributed by atoms with E-state index >= 15 is 0 Å². The normalized spacial score (nSPS) is 41.8. The average Bonchev–Trinajstić information content (AvgIpc) is 3.74. The van der Waals surface area contributed by atoms with Gasteiger partial charge in [-0.1, -0.05) is 49.8 Å². The Balaban J connectivity index is 1.34. The maximum atomic E-state index is 14.5. The molecule has 8 heteroatoms. The number of hydrogen-bond donors (Lipinski definition) is 0. The van der Waals surface area contributed by atoms with Crippen molar-refractivity contribution in [1.29, 1.82) is 0 Å². The van der Waals surface area contributed by atoms with Gasteiger partial charge < -0.3 is 23.4 Å². The minimum atomic E-state index is -1.08. The fraction of sp³-hybridized carbons (Fsp3) is 0.559. The highest BCUT2D eigenvalue weighted by atomic mass is 16.6. The monoisotopic (exact) mass is 574 g/mol. The fourth-order valence-corrected chi connectivity index (χ4v) is 9.79. The Kier molecular flexibility index (Phi) is 6.17. The molecule has 5 aliphatic rings. The van der Waals surface area contributed by atoms with Gasteiger partial charge in [0, 0.05) is 29.1 Å². The molecule has 8 nitrogen and oxygen atoms in total. The van der Waals surface area contributed by atoms with E-state index in [-0.39, 0.29) is 49.2 Å². The van der Waals surface area contributed by atoms with Gasteiger partial charge in [-0.2, -0.15) is 0 Å². The first-order chi connectivity index (χ1) is 20.1. The Morgan fingerprint density at radius 3 is 2.50 bits per heavy atom. The third kappa shape index (κ3) is 3.45. The smallest absolute Gasteiger partial charge is 0.315 e. The van der Waals surface area contributed by atoms with E-state index in [0.29, 0.717) is 0 Å². The molecule has 0 spiro atoms. The van der Waals surface area contributed by atoms with Crippen molar-refractivity contribution in [3.8, 4) is 0 Å². The Labute approximate surface area is 245 Å². The van der Waals surface area contributed by atoms with Crippen LogP contribution in [-0.2, 0) is 39.9 Å². The van der Waals surface area contributed by atoms with Crippen molar-refractivity contribution in [1.82, 2.24) is 0 Å². The van der Waals surface area contributed by atoms with E-state index in [4.69, 9.17) is 23.4 Å². The van der Waals surface area contributed by atoms with Crippen molar-refractivity contribution in [3.63, 3.8) is 0 Å². The molecule has 2 saturated heterocycles. The van der Waals surface area contributed by atoms with Crippen molar-refractivity contribution in [2.75, 3.05) is 7.11 Å². The predicted molar refractivity (Wildman–Crippen MR) is 150 cm³/mol. The minimum Gasteiger partial charge on any atom is -0.472 e. The van der Waals surface area contributed by atoms with Crippen LogP contribution in [0.5, 0.6) is 0 Å². The predicted octanol–water partition coefficient (Wildman–Crippen LogP) is 5.16. The highest BCUT2D eigenvalue weighted by Crippen LogP contribution is 2.73. The number of fused-ring (bicyclic) bond motifs is 4. The number of methoxy groups -OCH3 is 1. The summed E-state index contributed by atoms with van der Waals surface area (Å²) >= 11 is 0. The molecule has 3 unspecified atom stereocenters. The van der Waals surface area contributed by atoms with Crippen LogP contribution in [0.2, 0.25) is 0 Å². The van der Waals surface area contributed by atoms with E-state index in [1.165, 1.54) is 12.7 Å². The zero-order valence-corrected chi connectivity index (χ0v) is 24.8. The van der Waals surface area contributed by atoms with Gasteiger partial charge in [-0.15, -0.1) is 0 Å². The van der Waals surface area contributed by atoms with Gasteiger partial charge in [0.15, 0.2) is 0 Å². The van der Waals surface area contributed by atoms with Gasteiger partial charge in [0.25, 0.3) is 0 Å². The molecule has 0 amide bonds. The molecule has 42 heavy (non-hydrogen) atoms. The topological polar surface area (TPSA) is 101 Å². The summed E-state index contributed by atoms with van der Waals surface area (Å²) in [5.41, 5.74) is 1.48. The molecule has 0 N–H and O–H groups in total. The molecule has 1 aromatic heterocycles. The van der Waals surface area contributed by atoms with E-state index < -0.39 is 46.4 Å². The molecule has 0 bridgehead atoms. The lowest BCUT2D eigenvalue weighted by Crippen LogP contribution is -2.69. The third-order valence-corrected chi connectivity index (χ3v) is 11.7. The van der Waals surface area contributed by atoms with Crippen LogP contribution in [0.3, 0.4) is 0 Å². The molecule has 222 valence electrons. The van der Waals surface area contributed by atoms with Crippen molar-refractivity contribution in [3.05, 3.63) is 71.2 Å². The number of esters is 2. The molecular weight excluding hydrogens is 536 g/mol. The molecule has 4 fully saturated rings. The summed E-state index contributed by atoms with van der Waals surface area (Å²) in [5.74, 6) is -1.62. The standard InChI is InChI=1S/C34H38O8/c1-18-21(20-11-12-39-17-20)13-22-27(18)33(3)23(14-26(36)38-5)32(2)24(35)15-25(40-16-19-9-7-6-8-10-19)34(4)29(32)28(30(33)41-22)42-31(34)37/h6-12,17,21-23,25,28-30H,13-16H2,1-5H3/t21-,22+,23?,25?,28-,29?,30-,32+,33-,34-/m1/s1. The van der Waals surface area contributed by atoms with Crippen LogP contribution in [0.25, 0.3) is 0 Å². The summed E-state index contributed by atoms with van der Waals surface area (Å²) in [6.07, 6.45) is 2.26. The lowest BCUT2D eigenvalue weighted by molar-refractivity contribution is -0.210. The molecule has 2 aliphatic heterocycles. The van der Waals surface area contributed by atoms with Crippen molar-refractivity contribution in [2.24, 2.45) is 28.1 Å². The van der Waals surface area contributed by atoms with Crippen LogP contribution in [0.15, 0.2) is 64.5 Å². The summed E-state index contributed by atoms with van der Waals surface area (Å²) in [4.78, 5) is 41.5. The molecule has 2 saturated carbocycles. The van der Waals surface area contributed by atoms with E-state index in [2.05, 4.69) is 13.8 Å². The van der Waals surface area contributed by atoms with Gasteiger partial charge in [-0.05, 0) is 49.0 Å². The summed E-state index contributed by atoms with van der Waals surface area (Å²) in [6, 6.07) is 11.7. The number of benzene rings is 1. The Hall–Kier alpha value is -3.23. The number of allylic oxidation sites excluding steroid dienone is 1. The lowest BCUT2D eigenvalue weighted by Gasteiger charge is -2.61. The largest absolute Gasteiger partial charge is 0.472 e. The molecular formula is C34H38O8. The summed E-state index contributed by atoms with van der Waals surface area (Å²) in [6.45, 7) is 8.34. The number of ether oxygens (including phenoxy) is 4. The van der Waals surface area contributed by atoms with Gasteiger partial charge in [0.05, 0.1) is 50.3 Å². The summed E-state index contributed by atoms with van der Waals surface area (Å²) in [7, 11) is 1.38. The van der Waals surface area contributed by atoms with Gasteiger partial charge in [-0.25, -0.2) is 0 Å². The number of Topliss-reactive ketones (excluding diaryl/α,β-unsaturated/α-hetero) is 1. The van der Waals surface area contributed by atoms with Gasteiger partial charge in [0.1, 0.15) is 18.0 Å². The number of rotatable bonds is 6. The second-order valence-electron chi connectivity index (χ2n) is 13.4. The van der Waals surface area contributed by atoms with Crippen LogP contribution in [0.4, 0.5) is 0 Å². The van der Waals surface area contributed by atoms with E-state index in [9.17, 15) is 14.4 Å². The molecule has 7 rings (SSSR count). The fourth-order valence-electron chi connectivity index (χ4n) is 9.79. The van der Waals surface area contributed by atoms with Crippen LogP contribution in [-0.4, -0.2) is 49.2 Å². The third-order valence-electron chi connectivity index (χ3n) is 11.7. The zero-order chi connectivity index (χ0) is 29.6. The molecule has 10 atom stereocenters. The van der Waals surface area contributed by atoms with Crippen LogP contribution >= 0.6 is 0 Å². The number of ketones is 1. The average molecular weight is 575 g/mol. The number of furan rings is 1. The highest BCUT2D eigenvalue weighted by Gasteiger charge is 2.80. The van der Waals surface area contributed by atoms with Crippen molar-refractivity contribution < 1.29 is 37.7 Å². The molecule has 2 aromatic rings. The Morgan fingerprint density at radius 1 is 1.05 bits per heavy atom. The second kappa shape index (κ2) is 9.38. The maximum Gasteiger partial charge on any atom is 0.315 e. The van der Waals surface area contributed by atoms with E-state index in [0.717, 1.165) is 23.1 Å². The van der Waals surface area contributed by atoms with Gasteiger partial charge in [0.2, 0.25) is 0 Å².